The molecule has 1 saturated carbocycles. The van der Waals surface area contributed by atoms with Gasteiger partial charge in [0.15, 0.2) is 0 Å². The molecule has 0 saturated heterocycles. The molecule has 0 amide bonds. The second-order valence-corrected chi connectivity index (χ2v) is 5.69. The second-order valence-electron chi connectivity index (χ2n) is 5.69. The molecule has 0 heterocycles. The van der Waals surface area contributed by atoms with Crippen LogP contribution in [0.5, 0.6) is 0 Å². The number of hydrogen-bond acceptors (Lipinski definition) is 1. The molecular weight excluding hydrogens is 206 g/mol. The van der Waals surface area contributed by atoms with E-state index in [1.807, 2.05) is 0 Å². The van der Waals surface area contributed by atoms with E-state index in [4.69, 9.17) is 6.42 Å². The van der Waals surface area contributed by atoms with Crippen molar-refractivity contribution in [2.75, 3.05) is 0 Å². The van der Waals surface area contributed by atoms with Gasteiger partial charge < -0.3 is 0 Å². The van der Waals surface area contributed by atoms with E-state index in [0.717, 1.165) is 0 Å². The van der Waals surface area contributed by atoms with E-state index in [1.54, 1.807) is 0 Å². The Morgan fingerprint density at radius 2 is 1.82 bits per heavy atom. The third-order valence-corrected chi connectivity index (χ3v) is 3.61. The Hall–Kier alpha value is -1.26. The fraction of sp³-hybridized carbons (Fsp3) is 0.500. The minimum absolute atomic E-state index is 0.178. The predicted molar refractivity (Wildman–Crippen MR) is 73.0 cm³/mol. The zero-order chi connectivity index (χ0) is 12.5. The van der Waals surface area contributed by atoms with Crippen LogP contribution in [0.25, 0.3) is 0 Å². The highest BCUT2D eigenvalue weighted by atomic mass is 15.0. The van der Waals surface area contributed by atoms with Crippen molar-refractivity contribution >= 4 is 0 Å². The van der Waals surface area contributed by atoms with Gasteiger partial charge in [0.1, 0.15) is 0 Å². The van der Waals surface area contributed by atoms with Crippen LogP contribution >= 0.6 is 0 Å². The molecule has 1 fully saturated rings. The van der Waals surface area contributed by atoms with Crippen LogP contribution in [0.1, 0.15) is 43.7 Å². The highest BCUT2D eigenvalue weighted by molar-refractivity contribution is 5.27. The molecule has 17 heavy (non-hydrogen) atoms. The number of rotatable bonds is 3. The van der Waals surface area contributed by atoms with Crippen LogP contribution in [-0.4, -0.2) is 11.6 Å². The highest BCUT2D eigenvalue weighted by Gasteiger charge is 2.32. The van der Waals surface area contributed by atoms with E-state index in [-0.39, 0.29) is 5.54 Å². The molecule has 1 N–H and O–H groups in total. The molecule has 2 rings (SSSR count). The first-order valence-corrected chi connectivity index (χ1v) is 6.32. The van der Waals surface area contributed by atoms with Crippen molar-refractivity contribution < 1.29 is 0 Å². The molecular formula is C16H21N. The van der Waals surface area contributed by atoms with E-state index >= 15 is 0 Å². The zero-order valence-corrected chi connectivity index (χ0v) is 11.0. The summed E-state index contributed by atoms with van der Waals surface area (Å²) < 4.78 is 0. The monoisotopic (exact) mass is 227 g/mol. The molecule has 90 valence electrons. The topological polar surface area (TPSA) is 12.0 Å². The van der Waals surface area contributed by atoms with Gasteiger partial charge in [-0.25, -0.2) is 0 Å². The van der Waals surface area contributed by atoms with Crippen LogP contribution in [-0.2, 0) is 0 Å². The lowest BCUT2D eigenvalue weighted by molar-refractivity contribution is 0.253. The molecule has 1 nitrogen and oxygen atoms in total. The highest BCUT2D eigenvalue weighted by Crippen LogP contribution is 2.37. The average molecular weight is 227 g/mol. The maximum atomic E-state index is 5.48. The summed E-state index contributed by atoms with van der Waals surface area (Å²) in [5.74, 6) is 3.50. The normalized spacial score (nSPS) is 23.9. The molecule has 1 aromatic rings. The standard InChI is InChI=1S/C16H21N/c1-5-16(3,4)17-15-10-14(11-15)13-8-6-12(2)7-9-13/h1,6-9,14-15,17H,10-11H2,2-4H3. The molecule has 0 aromatic heterocycles. The SMILES string of the molecule is C#CC(C)(C)NC1CC(c2ccc(C)cc2)C1. The molecule has 1 aromatic carbocycles. The third-order valence-electron chi connectivity index (χ3n) is 3.61. The van der Waals surface area contributed by atoms with Gasteiger partial charge in [-0.05, 0) is 45.1 Å². The van der Waals surface area contributed by atoms with E-state index in [9.17, 15) is 0 Å². The first-order chi connectivity index (χ1) is 8.00. The Morgan fingerprint density at radius 3 is 2.35 bits per heavy atom. The van der Waals surface area contributed by atoms with Gasteiger partial charge in [0.05, 0.1) is 5.54 Å². The number of terminal acetylenes is 1. The van der Waals surface area contributed by atoms with Crippen LogP contribution in [0.3, 0.4) is 0 Å². The van der Waals surface area contributed by atoms with Gasteiger partial charge in [-0.2, -0.15) is 0 Å². The Balaban J connectivity index is 1.87. The first-order valence-electron chi connectivity index (χ1n) is 6.32. The predicted octanol–water partition coefficient (Wildman–Crippen LogP) is 3.24. The van der Waals surface area contributed by atoms with Crippen LogP contribution in [0.2, 0.25) is 0 Å². The van der Waals surface area contributed by atoms with Gasteiger partial charge in [0.2, 0.25) is 0 Å². The summed E-state index contributed by atoms with van der Waals surface area (Å²) in [5, 5.41) is 3.52. The van der Waals surface area contributed by atoms with Crippen molar-refractivity contribution in [3.8, 4) is 12.3 Å². The summed E-state index contributed by atoms with van der Waals surface area (Å²) in [6, 6.07) is 9.47. The quantitative estimate of drug-likeness (QED) is 0.782. The molecule has 0 bridgehead atoms. The van der Waals surface area contributed by atoms with Gasteiger partial charge in [-0.3, -0.25) is 5.32 Å². The number of benzene rings is 1. The van der Waals surface area contributed by atoms with Crippen LogP contribution < -0.4 is 5.32 Å². The fourth-order valence-corrected chi connectivity index (χ4v) is 2.40. The van der Waals surface area contributed by atoms with Gasteiger partial charge in [-0.15, -0.1) is 6.42 Å². The van der Waals surface area contributed by atoms with E-state index in [2.05, 4.69) is 56.3 Å². The van der Waals surface area contributed by atoms with Crippen molar-refractivity contribution in [3.05, 3.63) is 35.4 Å². The third kappa shape index (κ3) is 2.90. The Labute approximate surface area is 105 Å². The van der Waals surface area contributed by atoms with Gasteiger partial charge in [0, 0.05) is 6.04 Å². The number of hydrogen-bond donors (Lipinski definition) is 1. The van der Waals surface area contributed by atoms with Crippen molar-refractivity contribution in [2.24, 2.45) is 0 Å². The number of nitrogens with one attached hydrogen (secondary N) is 1. The van der Waals surface area contributed by atoms with Crippen molar-refractivity contribution in [3.63, 3.8) is 0 Å². The Kier molecular flexibility index (Phi) is 3.26. The summed E-state index contributed by atoms with van der Waals surface area (Å²) in [5.41, 5.74) is 2.62. The zero-order valence-electron chi connectivity index (χ0n) is 11.0. The summed E-state index contributed by atoms with van der Waals surface area (Å²) in [6.45, 7) is 6.25. The maximum absolute atomic E-state index is 5.48. The molecule has 1 aliphatic carbocycles. The fourth-order valence-electron chi connectivity index (χ4n) is 2.40. The summed E-state index contributed by atoms with van der Waals surface area (Å²) in [7, 11) is 0. The largest absolute Gasteiger partial charge is 0.299 e. The minimum Gasteiger partial charge on any atom is -0.299 e. The van der Waals surface area contributed by atoms with E-state index in [0.29, 0.717) is 12.0 Å². The van der Waals surface area contributed by atoms with Gasteiger partial charge in [0.25, 0.3) is 0 Å². The Bertz CT molecular complexity index is 416. The second kappa shape index (κ2) is 4.55. The first kappa shape index (κ1) is 12.2. The average Bonchev–Trinajstić information content (AvgIpc) is 2.25. The van der Waals surface area contributed by atoms with Crippen LogP contribution in [0, 0.1) is 19.3 Å². The lowest BCUT2D eigenvalue weighted by atomic mass is 9.75. The Morgan fingerprint density at radius 1 is 1.24 bits per heavy atom. The molecule has 0 spiro atoms. The lowest BCUT2D eigenvalue weighted by Gasteiger charge is -2.40. The summed E-state index contributed by atoms with van der Waals surface area (Å²) in [4.78, 5) is 0. The molecule has 0 unspecified atom stereocenters. The summed E-state index contributed by atoms with van der Waals surface area (Å²) >= 11 is 0. The minimum atomic E-state index is -0.178. The molecule has 0 radical (unpaired) electrons. The summed E-state index contributed by atoms with van der Waals surface area (Å²) in [6.07, 6.45) is 7.89. The molecule has 1 heteroatoms. The van der Waals surface area contributed by atoms with Gasteiger partial charge >= 0.3 is 0 Å². The van der Waals surface area contributed by atoms with Gasteiger partial charge in [-0.1, -0.05) is 35.7 Å². The van der Waals surface area contributed by atoms with Crippen LogP contribution in [0.4, 0.5) is 0 Å². The van der Waals surface area contributed by atoms with Crippen molar-refractivity contribution in [1.82, 2.24) is 5.32 Å². The molecule has 0 atom stereocenters. The van der Waals surface area contributed by atoms with Crippen LogP contribution in [0.15, 0.2) is 24.3 Å². The molecule has 1 aliphatic rings. The van der Waals surface area contributed by atoms with E-state index < -0.39 is 0 Å². The molecule has 0 aliphatic heterocycles. The smallest absolute Gasteiger partial charge is 0.0743 e. The van der Waals surface area contributed by atoms with Crippen molar-refractivity contribution in [2.45, 2.75) is 51.1 Å². The van der Waals surface area contributed by atoms with Crippen molar-refractivity contribution in [1.29, 1.82) is 0 Å². The number of aryl methyl sites for hydroxylation is 1. The maximum Gasteiger partial charge on any atom is 0.0743 e. The lowest BCUT2D eigenvalue weighted by Crippen LogP contribution is -2.50. The van der Waals surface area contributed by atoms with E-state index in [1.165, 1.54) is 24.0 Å².